The molecule has 3 nitrogen and oxygen atoms in total. The highest BCUT2D eigenvalue weighted by Gasteiger charge is 2.01. The number of likely N-dealkylation sites (N-methyl/N-ethyl adjacent to an activating group) is 2. The van der Waals surface area contributed by atoms with Gasteiger partial charge in [0, 0.05) is 13.1 Å². The van der Waals surface area contributed by atoms with Gasteiger partial charge in [0.15, 0.2) is 0 Å². The fraction of sp³-hybridized carbons (Fsp3) is 1.00. The molecular formula is C10H28N2O. The van der Waals surface area contributed by atoms with Crippen LogP contribution in [0.4, 0.5) is 0 Å². The number of hydrogen-bond acceptors (Lipinski definition) is 3. The van der Waals surface area contributed by atoms with Crippen LogP contribution in [-0.2, 0) is 0 Å². The van der Waals surface area contributed by atoms with Gasteiger partial charge in [-0.05, 0) is 21.1 Å². The maximum atomic E-state index is 9.12. The summed E-state index contributed by atoms with van der Waals surface area (Å²) in [5.41, 5.74) is 0. The third-order valence-electron chi connectivity index (χ3n) is 1.02. The average Bonchev–Trinajstić information content (AvgIpc) is 2.10. The van der Waals surface area contributed by atoms with Crippen molar-refractivity contribution in [2.45, 2.75) is 33.8 Å². The monoisotopic (exact) mass is 192 g/mol. The van der Waals surface area contributed by atoms with Crippen LogP contribution in [0, 0.1) is 0 Å². The molecule has 0 aliphatic rings. The predicted octanol–water partition coefficient (Wildman–Crippen LogP) is 1.18. The lowest BCUT2D eigenvalue weighted by molar-refractivity contribution is 0.137. The number of nitrogens with one attached hydrogen (secondary N) is 1. The quantitative estimate of drug-likeness (QED) is 0.702. The maximum Gasteiger partial charge on any atom is 0.0790 e. The van der Waals surface area contributed by atoms with Crippen molar-refractivity contribution in [2.75, 3.05) is 34.2 Å². The van der Waals surface area contributed by atoms with E-state index in [4.69, 9.17) is 5.11 Å². The zero-order valence-electron chi connectivity index (χ0n) is 10.4. The molecule has 0 aromatic heterocycles. The second-order valence-corrected chi connectivity index (χ2v) is 2.47. The summed E-state index contributed by atoms with van der Waals surface area (Å²) in [4.78, 5) is 1.96. The molecule has 0 radical (unpaired) electrons. The minimum absolute atomic E-state index is 0.245. The van der Waals surface area contributed by atoms with Crippen LogP contribution in [0.2, 0.25) is 0 Å². The summed E-state index contributed by atoms with van der Waals surface area (Å²) >= 11 is 0. The molecule has 0 aromatic carbocycles. The van der Waals surface area contributed by atoms with Gasteiger partial charge in [-0.25, -0.2) is 0 Å². The van der Waals surface area contributed by atoms with Crippen LogP contribution in [0.25, 0.3) is 0 Å². The Morgan fingerprint density at radius 2 is 1.54 bits per heavy atom. The van der Waals surface area contributed by atoms with Crippen molar-refractivity contribution in [1.29, 1.82) is 0 Å². The molecule has 0 aliphatic heterocycles. The lowest BCUT2D eigenvalue weighted by Crippen LogP contribution is -2.33. The molecule has 0 amide bonds. The summed E-state index contributed by atoms with van der Waals surface area (Å²) in [7, 11) is 5.72. The summed E-state index contributed by atoms with van der Waals surface area (Å²) in [6, 6.07) is 0. The molecule has 0 aromatic rings. The van der Waals surface area contributed by atoms with Crippen LogP contribution in [-0.4, -0.2) is 50.3 Å². The van der Waals surface area contributed by atoms with Gasteiger partial charge in [-0.1, -0.05) is 27.7 Å². The first-order chi connectivity index (χ1) is 6.16. The Morgan fingerprint density at radius 1 is 1.15 bits per heavy atom. The lowest BCUT2D eigenvalue weighted by atomic mass is 10.3. The van der Waals surface area contributed by atoms with Gasteiger partial charge >= 0.3 is 0 Å². The largest absolute Gasteiger partial charge is 0.390 e. The molecule has 0 fully saturated rings. The summed E-state index contributed by atoms with van der Waals surface area (Å²) in [6.07, 6.45) is -0.245. The Kier molecular flexibility index (Phi) is 25.5. The summed E-state index contributed by atoms with van der Waals surface area (Å²) in [6.45, 7) is 9.39. The number of rotatable bonds is 4. The van der Waals surface area contributed by atoms with E-state index >= 15 is 0 Å². The first-order valence-electron chi connectivity index (χ1n) is 5.14. The van der Waals surface area contributed by atoms with Crippen LogP contribution >= 0.6 is 0 Å². The first-order valence-corrected chi connectivity index (χ1v) is 5.14. The molecule has 2 N–H and O–H groups in total. The van der Waals surface area contributed by atoms with Gasteiger partial charge in [-0.3, -0.25) is 0 Å². The number of aliphatic hydroxyl groups is 1. The normalized spacial score (nSPS) is 10.8. The van der Waals surface area contributed by atoms with Gasteiger partial charge in [-0.15, -0.1) is 0 Å². The fourth-order valence-corrected chi connectivity index (χ4v) is 0.722. The van der Waals surface area contributed by atoms with Crippen molar-refractivity contribution < 1.29 is 5.11 Å². The first kappa shape index (κ1) is 18.6. The highest BCUT2D eigenvalue weighted by atomic mass is 16.3. The molecule has 0 saturated carbocycles. The van der Waals surface area contributed by atoms with Crippen molar-refractivity contribution in [3.63, 3.8) is 0 Å². The van der Waals surface area contributed by atoms with E-state index in [1.807, 2.05) is 53.7 Å². The zero-order chi connectivity index (χ0) is 11.3. The van der Waals surface area contributed by atoms with Crippen molar-refractivity contribution in [1.82, 2.24) is 10.2 Å². The SMILES string of the molecule is CC.CC.CNCC(O)CN(C)C. The average molecular weight is 192 g/mol. The molecule has 0 heterocycles. The van der Waals surface area contributed by atoms with Crippen LogP contribution in [0.15, 0.2) is 0 Å². The minimum atomic E-state index is -0.245. The van der Waals surface area contributed by atoms with Crippen molar-refractivity contribution >= 4 is 0 Å². The van der Waals surface area contributed by atoms with E-state index in [0.717, 1.165) is 6.54 Å². The summed E-state index contributed by atoms with van der Waals surface area (Å²) in [5.74, 6) is 0. The van der Waals surface area contributed by atoms with Crippen molar-refractivity contribution in [2.24, 2.45) is 0 Å². The second kappa shape index (κ2) is 17.8. The highest BCUT2D eigenvalue weighted by molar-refractivity contribution is 4.59. The van der Waals surface area contributed by atoms with E-state index in [1.54, 1.807) is 0 Å². The molecule has 3 heteroatoms. The second-order valence-electron chi connectivity index (χ2n) is 2.47. The van der Waals surface area contributed by atoms with Crippen LogP contribution < -0.4 is 5.32 Å². The number of aliphatic hydroxyl groups excluding tert-OH is 1. The molecule has 0 saturated heterocycles. The van der Waals surface area contributed by atoms with Gasteiger partial charge in [0.2, 0.25) is 0 Å². The highest BCUT2D eigenvalue weighted by Crippen LogP contribution is 1.82. The Bertz CT molecular complexity index is 67.9. The van der Waals surface area contributed by atoms with Gasteiger partial charge < -0.3 is 15.3 Å². The molecule has 84 valence electrons. The summed E-state index contributed by atoms with van der Waals surface area (Å²) in [5, 5.41) is 12.0. The molecule has 0 spiro atoms. The van der Waals surface area contributed by atoms with E-state index < -0.39 is 0 Å². The topological polar surface area (TPSA) is 35.5 Å². The third-order valence-corrected chi connectivity index (χ3v) is 1.02. The molecule has 0 aliphatic carbocycles. The van der Waals surface area contributed by atoms with Gasteiger partial charge in [-0.2, -0.15) is 0 Å². The minimum Gasteiger partial charge on any atom is -0.390 e. The van der Waals surface area contributed by atoms with Crippen LogP contribution in [0.3, 0.4) is 0 Å². The maximum absolute atomic E-state index is 9.12. The van der Waals surface area contributed by atoms with E-state index in [9.17, 15) is 0 Å². The van der Waals surface area contributed by atoms with E-state index in [2.05, 4.69) is 5.32 Å². The molecule has 1 unspecified atom stereocenters. The van der Waals surface area contributed by atoms with Crippen LogP contribution in [0.5, 0.6) is 0 Å². The predicted molar refractivity (Wildman–Crippen MR) is 61.2 cm³/mol. The van der Waals surface area contributed by atoms with Crippen LogP contribution in [0.1, 0.15) is 27.7 Å². The Labute approximate surface area is 84.1 Å². The van der Waals surface area contributed by atoms with Crippen molar-refractivity contribution in [3.05, 3.63) is 0 Å². The Morgan fingerprint density at radius 3 is 1.77 bits per heavy atom. The summed E-state index contributed by atoms with van der Waals surface area (Å²) < 4.78 is 0. The third kappa shape index (κ3) is 24.5. The molecule has 0 bridgehead atoms. The standard InChI is InChI=1S/C6H16N2O.2C2H6/c1-7-4-6(9)5-8(2)3;2*1-2/h6-7,9H,4-5H2,1-3H3;2*1-2H3. The Balaban J connectivity index is -0.000000218. The van der Waals surface area contributed by atoms with Gasteiger partial charge in [0.1, 0.15) is 0 Å². The van der Waals surface area contributed by atoms with Crippen molar-refractivity contribution in [3.8, 4) is 0 Å². The van der Waals surface area contributed by atoms with Gasteiger partial charge in [0.25, 0.3) is 0 Å². The molecule has 1 atom stereocenters. The van der Waals surface area contributed by atoms with Gasteiger partial charge in [0.05, 0.1) is 6.10 Å². The Hall–Kier alpha value is -0.120. The lowest BCUT2D eigenvalue weighted by Gasteiger charge is -2.14. The smallest absolute Gasteiger partial charge is 0.0790 e. The molecule has 13 heavy (non-hydrogen) atoms. The molecule has 0 rings (SSSR count). The van der Waals surface area contributed by atoms with E-state index in [-0.39, 0.29) is 6.10 Å². The fourth-order valence-electron chi connectivity index (χ4n) is 0.722. The number of nitrogens with zero attached hydrogens (tertiary/aromatic N) is 1. The van der Waals surface area contributed by atoms with E-state index in [1.165, 1.54) is 0 Å². The number of hydrogen-bond donors (Lipinski definition) is 2. The van der Waals surface area contributed by atoms with E-state index in [0.29, 0.717) is 6.54 Å². The molecular weight excluding hydrogens is 164 g/mol. The zero-order valence-corrected chi connectivity index (χ0v) is 10.4.